The van der Waals surface area contributed by atoms with Crippen molar-refractivity contribution in [2.45, 2.75) is 83.5 Å². The first kappa shape index (κ1) is 32.5. The van der Waals surface area contributed by atoms with Crippen LogP contribution >= 0.6 is 0 Å². The summed E-state index contributed by atoms with van der Waals surface area (Å²) in [7, 11) is 2.04. The first-order chi connectivity index (χ1) is 22.0. The average molecular weight is 643 g/mol. The normalized spacial score (nSPS) is 28.4. The summed E-state index contributed by atoms with van der Waals surface area (Å²) < 4.78 is 47.3. The van der Waals surface area contributed by atoms with E-state index in [-0.39, 0.29) is 43.2 Å². The summed E-state index contributed by atoms with van der Waals surface area (Å²) >= 11 is 0. The average Bonchev–Trinajstić information content (AvgIpc) is 3.48. The molecular weight excluding hydrogens is 597 g/mol. The smallest absolute Gasteiger partial charge is 0.394 e. The molecule has 250 valence electrons. The Morgan fingerprint density at radius 2 is 1.76 bits per heavy atom. The number of halogens is 3. The number of fused-ring (bicyclic) bond motifs is 3. The molecule has 2 bridgehead atoms. The third-order valence-electron chi connectivity index (χ3n) is 11.0. The molecule has 0 spiro atoms. The van der Waals surface area contributed by atoms with Crippen molar-refractivity contribution in [2.75, 3.05) is 51.3 Å². The van der Waals surface area contributed by atoms with Gasteiger partial charge in [-0.05, 0) is 96.1 Å². The number of nitrogens with zero attached hydrogens (tertiary/aromatic N) is 5. The SMILES string of the molecule is CCOc1ncccc1-c1ccc(N2CCN(C(=O)C34CCC(C(F)(F)F)(CC3)CC4)C[C@H]2CC)c(C(=O)N[C@@H]2CCN(C)C2)n1. The van der Waals surface area contributed by atoms with Gasteiger partial charge in [-0.15, -0.1) is 0 Å². The second-order valence-electron chi connectivity index (χ2n) is 13.6. The van der Waals surface area contributed by atoms with Gasteiger partial charge in [0.2, 0.25) is 11.8 Å². The highest BCUT2D eigenvalue weighted by atomic mass is 19.4. The molecule has 2 aromatic heterocycles. The number of pyridine rings is 2. The van der Waals surface area contributed by atoms with Crippen LogP contribution in [-0.2, 0) is 4.79 Å². The van der Waals surface area contributed by atoms with Gasteiger partial charge >= 0.3 is 6.18 Å². The van der Waals surface area contributed by atoms with Crippen LogP contribution in [0.2, 0.25) is 0 Å². The molecular formula is C34H45F3N6O3. The number of piperazine rings is 1. The fourth-order valence-corrected chi connectivity index (χ4v) is 8.12. The van der Waals surface area contributed by atoms with Crippen molar-refractivity contribution >= 4 is 17.5 Å². The van der Waals surface area contributed by atoms with E-state index in [0.717, 1.165) is 25.9 Å². The van der Waals surface area contributed by atoms with Crippen LogP contribution in [0, 0.1) is 10.8 Å². The molecule has 0 unspecified atom stereocenters. The summed E-state index contributed by atoms with van der Waals surface area (Å²) in [5.41, 5.74) is -0.0162. The molecule has 1 N–H and O–H groups in total. The van der Waals surface area contributed by atoms with Crippen LogP contribution < -0.4 is 15.0 Å². The van der Waals surface area contributed by atoms with E-state index in [0.29, 0.717) is 74.0 Å². The zero-order chi connectivity index (χ0) is 32.7. The van der Waals surface area contributed by atoms with Gasteiger partial charge in [0.05, 0.1) is 29.0 Å². The van der Waals surface area contributed by atoms with Gasteiger partial charge in [0.25, 0.3) is 5.91 Å². The summed E-state index contributed by atoms with van der Waals surface area (Å²) in [5.74, 6) is 0.201. The number of hydrogen-bond acceptors (Lipinski definition) is 7. The van der Waals surface area contributed by atoms with E-state index >= 15 is 0 Å². The van der Waals surface area contributed by atoms with Gasteiger partial charge in [0.15, 0.2) is 5.69 Å². The molecule has 0 radical (unpaired) electrons. The Balaban J connectivity index is 1.25. The number of carbonyl (C=O) groups excluding carboxylic acids is 2. The first-order valence-corrected chi connectivity index (χ1v) is 16.7. The van der Waals surface area contributed by atoms with Crippen molar-refractivity contribution in [3.63, 3.8) is 0 Å². The van der Waals surface area contributed by atoms with Gasteiger partial charge in [-0.2, -0.15) is 13.2 Å². The van der Waals surface area contributed by atoms with Crippen molar-refractivity contribution in [3.05, 3.63) is 36.2 Å². The highest BCUT2D eigenvalue weighted by molar-refractivity contribution is 5.99. The standard InChI is InChI=1S/C34H45F3N6O3/c1-4-24-22-42(31(45)32-11-14-33(15-12-32,16-13-32)34(35,36)37)19-20-43(24)27-9-8-26(25-7-6-17-38-30(25)46-5-2)40-28(27)29(44)39-23-10-18-41(3)21-23/h6-9,17,23-24H,4-5,10-16,18-22H2,1-3H3,(H,39,44)/t23-,24-,32?,33?/m1/s1. The Kier molecular flexibility index (Phi) is 8.95. The number of likely N-dealkylation sites (tertiary alicyclic amines) is 1. The molecule has 4 heterocycles. The van der Waals surface area contributed by atoms with Gasteiger partial charge in [-0.3, -0.25) is 9.59 Å². The number of likely N-dealkylation sites (N-methyl/N-ethyl adjacent to an activating group) is 1. The summed E-state index contributed by atoms with van der Waals surface area (Å²) in [6.07, 6.45) is 0.0280. The molecule has 9 nitrogen and oxygen atoms in total. The Bertz CT molecular complexity index is 1430. The Hall–Kier alpha value is -3.41. The molecule has 3 saturated carbocycles. The number of aromatic nitrogens is 2. The fraction of sp³-hybridized carbons (Fsp3) is 0.647. The van der Waals surface area contributed by atoms with Crippen LogP contribution in [0.15, 0.2) is 30.5 Å². The summed E-state index contributed by atoms with van der Waals surface area (Å²) in [4.78, 5) is 43.4. The van der Waals surface area contributed by atoms with E-state index in [1.165, 1.54) is 0 Å². The van der Waals surface area contributed by atoms with E-state index in [1.807, 2.05) is 43.1 Å². The number of rotatable bonds is 8. The molecule has 2 aliphatic heterocycles. The fourth-order valence-electron chi connectivity index (χ4n) is 8.12. The Labute approximate surface area is 268 Å². The molecule has 2 aromatic rings. The van der Waals surface area contributed by atoms with Crippen molar-refractivity contribution in [2.24, 2.45) is 10.8 Å². The molecule has 46 heavy (non-hydrogen) atoms. The summed E-state index contributed by atoms with van der Waals surface area (Å²) in [6, 6.07) is 7.44. The van der Waals surface area contributed by atoms with Crippen LogP contribution in [0.4, 0.5) is 18.9 Å². The largest absolute Gasteiger partial charge is 0.477 e. The van der Waals surface area contributed by atoms with Crippen molar-refractivity contribution in [3.8, 4) is 17.1 Å². The highest BCUT2D eigenvalue weighted by Crippen LogP contribution is 2.63. The van der Waals surface area contributed by atoms with E-state index in [2.05, 4.69) is 27.0 Å². The predicted molar refractivity (Wildman–Crippen MR) is 169 cm³/mol. The van der Waals surface area contributed by atoms with Gasteiger partial charge in [-0.25, -0.2) is 9.97 Å². The molecule has 0 aromatic carbocycles. The number of amides is 2. The van der Waals surface area contributed by atoms with E-state index in [4.69, 9.17) is 9.72 Å². The highest BCUT2D eigenvalue weighted by Gasteiger charge is 2.63. The minimum absolute atomic E-state index is 0.00195. The first-order valence-electron chi connectivity index (χ1n) is 16.7. The number of alkyl halides is 3. The molecule has 2 amide bonds. The monoisotopic (exact) mass is 642 g/mol. The lowest BCUT2D eigenvalue weighted by Crippen LogP contribution is -2.60. The van der Waals surface area contributed by atoms with Crippen molar-refractivity contribution < 1.29 is 27.5 Å². The van der Waals surface area contributed by atoms with Crippen molar-refractivity contribution in [1.29, 1.82) is 0 Å². The molecule has 12 heteroatoms. The maximum Gasteiger partial charge on any atom is 0.394 e. The number of hydrogen-bond donors (Lipinski definition) is 1. The second kappa shape index (κ2) is 12.7. The number of carbonyl (C=O) groups is 2. The van der Waals surface area contributed by atoms with Crippen LogP contribution in [0.5, 0.6) is 5.88 Å². The molecule has 7 rings (SSSR count). The van der Waals surface area contributed by atoms with E-state index in [9.17, 15) is 22.8 Å². The predicted octanol–water partition coefficient (Wildman–Crippen LogP) is 5.31. The quantitative estimate of drug-likeness (QED) is 0.418. The maximum atomic E-state index is 14.0. The zero-order valence-corrected chi connectivity index (χ0v) is 27.0. The van der Waals surface area contributed by atoms with Gasteiger partial charge in [-0.1, -0.05) is 6.92 Å². The van der Waals surface area contributed by atoms with Crippen molar-refractivity contribution in [1.82, 2.24) is 25.1 Å². The summed E-state index contributed by atoms with van der Waals surface area (Å²) in [6.45, 7) is 7.45. The summed E-state index contributed by atoms with van der Waals surface area (Å²) in [5, 5.41) is 3.20. The molecule has 5 aliphatic rings. The van der Waals surface area contributed by atoms with Crippen LogP contribution in [0.1, 0.15) is 75.7 Å². The molecule has 2 atom stereocenters. The zero-order valence-electron chi connectivity index (χ0n) is 27.0. The number of ether oxygens (including phenoxy) is 1. The lowest BCUT2D eigenvalue weighted by atomic mass is 9.53. The topological polar surface area (TPSA) is 90.9 Å². The third kappa shape index (κ3) is 5.93. The van der Waals surface area contributed by atoms with E-state index < -0.39 is 17.0 Å². The molecule has 2 saturated heterocycles. The molecule has 5 fully saturated rings. The molecule has 3 aliphatic carbocycles. The van der Waals surface area contributed by atoms with E-state index in [1.54, 1.807) is 6.20 Å². The van der Waals surface area contributed by atoms with Crippen LogP contribution in [-0.4, -0.2) is 96.2 Å². The Morgan fingerprint density at radius 1 is 1.02 bits per heavy atom. The van der Waals surface area contributed by atoms with Crippen LogP contribution in [0.25, 0.3) is 11.3 Å². The Morgan fingerprint density at radius 3 is 2.39 bits per heavy atom. The maximum absolute atomic E-state index is 14.0. The lowest BCUT2D eigenvalue weighted by Gasteiger charge is -2.54. The van der Waals surface area contributed by atoms with Gasteiger partial charge in [0.1, 0.15) is 0 Å². The van der Waals surface area contributed by atoms with Gasteiger partial charge in [0, 0.05) is 49.9 Å². The van der Waals surface area contributed by atoms with Crippen LogP contribution in [0.3, 0.4) is 0 Å². The minimum atomic E-state index is -4.22. The lowest BCUT2D eigenvalue weighted by molar-refractivity contribution is -0.259. The number of nitrogens with one attached hydrogen (secondary N) is 1. The third-order valence-corrected chi connectivity index (χ3v) is 11.0. The second-order valence-corrected chi connectivity index (χ2v) is 13.6. The number of anilines is 1. The van der Waals surface area contributed by atoms with Gasteiger partial charge < -0.3 is 24.8 Å². The minimum Gasteiger partial charge on any atom is -0.477 e.